The van der Waals surface area contributed by atoms with Crippen LogP contribution in [0, 0.1) is 0 Å². The molecule has 0 saturated heterocycles. The second kappa shape index (κ2) is 5.71. The second-order valence-electron chi connectivity index (χ2n) is 4.50. The summed E-state index contributed by atoms with van der Waals surface area (Å²) in [6.45, 7) is 0.478. The normalized spacial score (nSPS) is 10.7. The molecule has 0 atom stereocenters. The minimum absolute atomic E-state index is 0.208. The molecular formula is C15H11ClN2O2S. The third-order valence-electron chi connectivity index (χ3n) is 2.98. The third kappa shape index (κ3) is 2.99. The molecule has 1 N–H and O–H groups in total. The summed E-state index contributed by atoms with van der Waals surface area (Å²) in [7, 11) is 0. The van der Waals surface area contributed by atoms with Gasteiger partial charge in [-0.15, -0.1) is 11.3 Å². The van der Waals surface area contributed by atoms with Gasteiger partial charge < -0.3 is 5.11 Å². The number of aromatic carboxylic acids is 1. The Bertz CT molecular complexity index is 781. The molecule has 0 amide bonds. The Morgan fingerprint density at radius 3 is 2.86 bits per heavy atom. The molecular weight excluding hydrogens is 308 g/mol. The number of carboxylic acid groups (broad SMARTS) is 1. The number of nitrogens with zero attached hydrogens (tertiary/aromatic N) is 2. The zero-order chi connectivity index (χ0) is 14.8. The van der Waals surface area contributed by atoms with Gasteiger partial charge in [-0.3, -0.25) is 4.68 Å². The van der Waals surface area contributed by atoms with Crippen LogP contribution in [0.3, 0.4) is 0 Å². The van der Waals surface area contributed by atoms with Crippen LogP contribution in [0.15, 0.2) is 48.0 Å². The fourth-order valence-corrected chi connectivity index (χ4v) is 3.01. The van der Waals surface area contributed by atoms with Gasteiger partial charge in [0.25, 0.3) is 0 Å². The molecule has 2 heterocycles. The number of hydrogen-bond donors (Lipinski definition) is 1. The zero-order valence-electron chi connectivity index (χ0n) is 10.9. The standard InChI is InChI=1S/C15H11ClN2O2S/c16-11-4-1-3-10(7-11)8-18-9-12(15(19)20)14(17-18)13-5-2-6-21-13/h1-7,9H,8H2,(H,19,20). The van der Waals surface area contributed by atoms with Gasteiger partial charge >= 0.3 is 5.97 Å². The highest BCUT2D eigenvalue weighted by Crippen LogP contribution is 2.27. The Morgan fingerprint density at radius 2 is 2.19 bits per heavy atom. The molecule has 2 aromatic heterocycles. The summed E-state index contributed by atoms with van der Waals surface area (Å²) in [6, 6.07) is 11.2. The van der Waals surface area contributed by atoms with E-state index in [1.807, 2.05) is 35.7 Å². The van der Waals surface area contributed by atoms with E-state index in [1.54, 1.807) is 16.9 Å². The number of carbonyl (C=O) groups is 1. The van der Waals surface area contributed by atoms with E-state index in [-0.39, 0.29) is 5.56 Å². The third-order valence-corrected chi connectivity index (χ3v) is 4.09. The van der Waals surface area contributed by atoms with Crippen molar-refractivity contribution in [1.82, 2.24) is 9.78 Å². The number of aromatic nitrogens is 2. The minimum atomic E-state index is -0.976. The zero-order valence-corrected chi connectivity index (χ0v) is 12.4. The lowest BCUT2D eigenvalue weighted by molar-refractivity contribution is 0.0697. The molecule has 0 fully saturated rings. The van der Waals surface area contributed by atoms with Crippen molar-refractivity contribution in [2.75, 3.05) is 0 Å². The van der Waals surface area contributed by atoms with Crippen LogP contribution in [0.2, 0.25) is 5.02 Å². The molecule has 1 aromatic carbocycles. The first-order valence-electron chi connectivity index (χ1n) is 6.22. The lowest BCUT2D eigenvalue weighted by atomic mass is 10.2. The lowest BCUT2D eigenvalue weighted by Gasteiger charge is -2.02. The first-order chi connectivity index (χ1) is 10.1. The van der Waals surface area contributed by atoms with E-state index < -0.39 is 5.97 Å². The summed E-state index contributed by atoms with van der Waals surface area (Å²) in [6.07, 6.45) is 1.55. The van der Waals surface area contributed by atoms with Gasteiger partial charge in [-0.1, -0.05) is 29.8 Å². The Morgan fingerprint density at radius 1 is 1.33 bits per heavy atom. The highest BCUT2D eigenvalue weighted by molar-refractivity contribution is 7.13. The maximum atomic E-state index is 11.4. The summed E-state index contributed by atoms with van der Waals surface area (Å²) in [5.41, 5.74) is 1.68. The first kappa shape index (κ1) is 13.9. The number of rotatable bonds is 4. The number of thiophene rings is 1. The van der Waals surface area contributed by atoms with Crippen LogP contribution in [0.5, 0.6) is 0 Å². The smallest absolute Gasteiger partial charge is 0.339 e. The van der Waals surface area contributed by atoms with Crippen LogP contribution in [-0.4, -0.2) is 20.9 Å². The van der Waals surface area contributed by atoms with E-state index in [4.69, 9.17) is 11.6 Å². The largest absolute Gasteiger partial charge is 0.478 e. The van der Waals surface area contributed by atoms with Crippen molar-refractivity contribution in [3.05, 3.63) is 64.1 Å². The fourth-order valence-electron chi connectivity index (χ4n) is 2.08. The molecule has 0 aliphatic carbocycles. The van der Waals surface area contributed by atoms with Crippen molar-refractivity contribution in [1.29, 1.82) is 0 Å². The Balaban J connectivity index is 1.97. The van der Waals surface area contributed by atoms with Crippen LogP contribution in [-0.2, 0) is 6.54 Å². The van der Waals surface area contributed by atoms with Crippen LogP contribution < -0.4 is 0 Å². The molecule has 21 heavy (non-hydrogen) atoms. The molecule has 0 aliphatic heterocycles. The van der Waals surface area contributed by atoms with Crippen molar-refractivity contribution < 1.29 is 9.90 Å². The van der Waals surface area contributed by atoms with E-state index in [0.29, 0.717) is 17.3 Å². The molecule has 0 spiro atoms. The summed E-state index contributed by atoms with van der Waals surface area (Å²) < 4.78 is 1.63. The summed E-state index contributed by atoms with van der Waals surface area (Å²) >= 11 is 7.43. The van der Waals surface area contributed by atoms with E-state index in [9.17, 15) is 9.90 Å². The highest BCUT2D eigenvalue weighted by Gasteiger charge is 2.17. The monoisotopic (exact) mass is 318 g/mol. The van der Waals surface area contributed by atoms with Crippen LogP contribution >= 0.6 is 22.9 Å². The maximum Gasteiger partial charge on any atom is 0.339 e. The quantitative estimate of drug-likeness (QED) is 0.790. The number of halogens is 1. The average Bonchev–Trinajstić information content (AvgIpc) is 3.06. The van der Waals surface area contributed by atoms with Crippen LogP contribution in [0.25, 0.3) is 10.6 Å². The van der Waals surface area contributed by atoms with Gasteiger partial charge in [-0.2, -0.15) is 5.10 Å². The van der Waals surface area contributed by atoms with Gasteiger partial charge in [0, 0.05) is 11.2 Å². The van der Waals surface area contributed by atoms with Crippen molar-refractivity contribution in [3.8, 4) is 10.6 Å². The molecule has 0 saturated carbocycles. The van der Waals surface area contributed by atoms with Crippen molar-refractivity contribution in [3.63, 3.8) is 0 Å². The van der Waals surface area contributed by atoms with Gasteiger partial charge in [-0.05, 0) is 29.1 Å². The molecule has 0 unspecified atom stereocenters. The predicted octanol–water partition coefficient (Wildman–Crippen LogP) is 4.01. The fraction of sp³-hybridized carbons (Fsp3) is 0.0667. The minimum Gasteiger partial charge on any atom is -0.478 e. The lowest BCUT2D eigenvalue weighted by Crippen LogP contribution is -2.00. The van der Waals surface area contributed by atoms with Crippen molar-refractivity contribution >= 4 is 28.9 Å². The summed E-state index contributed by atoms with van der Waals surface area (Å²) in [5.74, 6) is -0.976. The maximum absolute atomic E-state index is 11.4. The topological polar surface area (TPSA) is 55.1 Å². The first-order valence-corrected chi connectivity index (χ1v) is 7.48. The van der Waals surface area contributed by atoms with Crippen molar-refractivity contribution in [2.24, 2.45) is 0 Å². The molecule has 106 valence electrons. The van der Waals surface area contributed by atoms with E-state index in [1.165, 1.54) is 11.3 Å². The van der Waals surface area contributed by atoms with Gasteiger partial charge in [0.05, 0.1) is 11.4 Å². The molecule has 4 nitrogen and oxygen atoms in total. The van der Waals surface area contributed by atoms with Crippen molar-refractivity contribution in [2.45, 2.75) is 6.54 Å². The SMILES string of the molecule is O=C(O)c1cn(Cc2cccc(Cl)c2)nc1-c1cccs1. The van der Waals surface area contributed by atoms with E-state index >= 15 is 0 Å². The second-order valence-corrected chi connectivity index (χ2v) is 5.89. The average molecular weight is 319 g/mol. The number of hydrogen-bond acceptors (Lipinski definition) is 3. The molecule has 0 aliphatic rings. The van der Waals surface area contributed by atoms with Gasteiger partial charge in [0.15, 0.2) is 0 Å². The van der Waals surface area contributed by atoms with Gasteiger partial charge in [-0.25, -0.2) is 4.79 Å². The molecule has 0 radical (unpaired) electrons. The Hall–Kier alpha value is -2.11. The van der Waals surface area contributed by atoms with E-state index in [0.717, 1.165) is 10.4 Å². The Kier molecular flexibility index (Phi) is 3.77. The number of benzene rings is 1. The molecule has 6 heteroatoms. The van der Waals surface area contributed by atoms with Crippen LogP contribution in [0.1, 0.15) is 15.9 Å². The van der Waals surface area contributed by atoms with Gasteiger partial charge in [0.1, 0.15) is 11.3 Å². The van der Waals surface area contributed by atoms with Gasteiger partial charge in [0.2, 0.25) is 0 Å². The highest BCUT2D eigenvalue weighted by atomic mass is 35.5. The molecule has 3 aromatic rings. The summed E-state index contributed by atoms with van der Waals surface area (Å²) in [5, 5.41) is 16.3. The Labute approximate surface area is 130 Å². The molecule has 0 bridgehead atoms. The number of carboxylic acids is 1. The van der Waals surface area contributed by atoms with E-state index in [2.05, 4.69) is 5.10 Å². The van der Waals surface area contributed by atoms with Crippen LogP contribution in [0.4, 0.5) is 0 Å². The predicted molar refractivity (Wildman–Crippen MR) is 83.1 cm³/mol. The summed E-state index contributed by atoms with van der Waals surface area (Å²) in [4.78, 5) is 12.2. The molecule has 3 rings (SSSR count).